The Morgan fingerprint density at radius 1 is 1.20 bits per heavy atom. The van der Waals surface area contributed by atoms with Gasteiger partial charge in [-0.25, -0.2) is 8.78 Å². The standard InChI is InChI=1S/C3H2F5O2/c4-1(5)2(9)10-3(6,7)8/h1-2H. The van der Waals surface area contributed by atoms with Gasteiger partial charge < -0.3 is 0 Å². The Bertz CT molecular complexity index is 99.6. The molecule has 1 radical (unpaired) electrons. The van der Waals surface area contributed by atoms with Crippen molar-refractivity contribution in [3.05, 3.63) is 0 Å². The molecule has 0 rings (SSSR count). The van der Waals surface area contributed by atoms with Crippen molar-refractivity contribution in [2.45, 2.75) is 19.1 Å². The summed E-state index contributed by atoms with van der Waals surface area (Å²) in [7, 11) is 0. The molecule has 10 heavy (non-hydrogen) atoms. The van der Waals surface area contributed by atoms with Crippen molar-refractivity contribution < 1.29 is 31.8 Å². The number of hydrogen-bond acceptors (Lipinski definition) is 1. The quantitative estimate of drug-likeness (QED) is 0.450. The smallest absolute Gasteiger partial charge is 0.253 e. The van der Waals surface area contributed by atoms with Gasteiger partial charge in [0.2, 0.25) is 0 Å². The van der Waals surface area contributed by atoms with Gasteiger partial charge in [-0.2, -0.15) is 5.11 Å². The predicted octanol–water partition coefficient (Wildman–Crippen LogP) is 1.54. The lowest BCUT2D eigenvalue weighted by Gasteiger charge is -2.10. The Morgan fingerprint density at radius 3 is 1.70 bits per heavy atom. The third-order valence-corrected chi connectivity index (χ3v) is 0.456. The zero-order valence-corrected chi connectivity index (χ0v) is 4.36. The van der Waals surface area contributed by atoms with Gasteiger partial charge in [0.25, 0.3) is 12.7 Å². The third kappa shape index (κ3) is 4.45. The lowest BCUT2D eigenvalue weighted by molar-refractivity contribution is -0.397. The van der Waals surface area contributed by atoms with Crippen LogP contribution in [0.5, 0.6) is 0 Å². The fourth-order valence-corrected chi connectivity index (χ4v) is 0.183. The second kappa shape index (κ2) is 3.11. The van der Waals surface area contributed by atoms with E-state index in [9.17, 15) is 27.1 Å². The normalized spacial score (nSPS) is 15.9. The van der Waals surface area contributed by atoms with Crippen LogP contribution in [0.2, 0.25) is 0 Å². The summed E-state index contributed by atoms with van der Waals surface area (Å²) in [5.74, 6) is 0. The Morgan fingerprint density at radius 2 is 1.60 bits per heavy atom. The Hall–Kier alpha value is -0.430. The van der Waals surface area contributed by atoms with Crippen molar-refractivity contribution in [3.8, 4) is 0 Å². The van der Waals surface area contributed by atoms with E-state index in [1.165, 1.54) is 0 Å². The largest absolute Gasteiger partial charge is 0.525 e. The van der Waals surface area contributed by atoms with Crippen LogP contribution in [-0.4, -0.2) is 19.1 Å². The highest BCUT2D eigenvalue weighted by Crippen LogP contribution is 2.20. The van der Waals surface area contributed by atoms with E-state index in [4.69, 9.17) is 0 Å². The first kappa shape index (κ1) is 9.57. The molecule has 0 fully saturated rings. The van der Waals surface area contributed by atoms with Gasteiger partial charge in [0.05, 0.1) is 0 Å². The summed E-state index contributed by atoms with van der Waals surface area (Å²) in [5, 5.41) is 9.55. The van der Waals surface area contributed by atoms with Crippen molar-refractivity contribution in [1.29, 1.82) is 0 Å². The van der Waals surface area contributed by atoms with Crippen LogP contribution in [0.15, 0.2) is 0 Å². The molecule has 0 N–H and O–H groups in total. The van der Waals surface area contributed by atoms with Gasteiger partial charge in [-0.1, -0.05) is 0 Å². The highest BCUT2D eigenvalue weighted by molar-refractivity contribution is 4.42. The van der Waals surface area contributed by atoms with E-state index in [1.54, 1.807) is 0 Å². The fourth-order valence-electron chi connectivity index (χ4n) is 0.183. The van der Waals surface area contributed by atoms with Gasteiger partial charge in [0.15, 0.2) is 0 Å². The van der Waals surface area contributed by atoms with E-state index in [0.29, 0.717) is 0 Å². The molecule has 1 atom stereocenters. The molecule has 0 saturated carbocycles. The molecule has 0 aliphatic carbocycles. The van der Waals surface area contributed by atoms with E-state index in [-0.39, 0.29) is 0 Å². The molecule has 61 valence electrons. The second-order valence-corrected chi connectivity index (χ2v) is 1.27. The van der Waals surface area contributed by atoms with Gasteiger partial charge >= 0.3 is 6.36 Å². The van der Waals surface area contributed by atoms with E-state index >= 15 is 0 Å². The van der Waals surface area contributed by atoms with E-state index in [0.717, 1.165) is 0 Å². The molecule has 0 amide bonds. The monoisotopic (exact) mass is 165 g/mol. The molecular formula is C3H2F5O2. The summed E-state index contributed by atoms with van der Waals surface area (Å²) in [6, 6.07) is 0. The average Bonchev–Trinajstić information content (AvgIpc) is 1.60. The van der Waals surface area contributed by atoms with Gasteiger partial charge in [0.1, 0.15) is 0 Å². The van der Waals surface area contributed by atoms with Crippen LogP contribution in [0.3, 0.4) is 0 Å². The van der Waals surface area contributed by atoms with Gasteiger partial charge in [-0.3, -0.25) is 4.74 Å². The topological polar surface area (TPSA) is 29.1 Å². The zero-order valence-electron chi connectivity index (χ0n) is 4.36. The average molecular weight is 165 g/mol. The first-order valence-electron chi connectivity index (χ1n) is 2.01. The minimum atomic E-state index is -5.29. The molecule has 0 aromatic carbocycles. The molecule has 7 heteroatoms. The van der Waals surface area contributed by atoms with Crippen LogP contribution in [0.1, 0.15) is 0 Å². The number of rotatable bonds is 2. The summed E-state index contributed by atoms with van der Waals surface area (Å²) in [4.78, 5) is 0. The van der Waals surface area contributed by atoms with Gasteiger partial charge in [-0.05, 0) is 0 Å². The van der Waals surface area contributed by atoms with Crippen molar-refractivity contribution in [3.63, 3.8) is 0 Å². The van der Waals surface area contributed by atoms with Crippen LogP contribution >= 0.6 is 0 Å². The summed E-state index contributed by atoms with van der Waals surface area (Å²) >= 11 is 0. The lowest BCUT2D eigenvalue weighted by atomic mass is 10.7. The van der Waals surface area contributed by atoms with E-state index in [2.05, 4.69) is 4.74 Å². The molecule has 1 unspecified atom stereocenters. The third-order valence-electron chi connectivity index (χ3n) is 0.456. The van der Waals surface area contributed by atoms with Gasteiger partial charge in [-0.15, -0.1) is 13.2 Å². The molecule has 0 aliphatic rings. The van der Waals surface area contributed by atoms with Crippen LogP contribution in [-0.2, 0) is 9.84 Å². The minimum absolute atomic E-state index is 2.39. The number of hydrogen-bond donors (Lipinski definition) is 0. The van der Waals surface area contributed by atoms with E-state index < -0.39 is 19.1 Å². The number of halogens is 5. The van der Waals surface area contributed by atoms with Crippen LogP contribution in [0.25, 0.3) is 0 Å². The summed E-state index contributed by atoms with van der Waals surface area (Å²) in [6.45, 7) is 0. The Labute approximate surface area is 52.2 Å². The molecule has 0 spiro atoms. The van der Waals surface area contributed by atoms with Crippen molar-refractivity contribution in [1.82, 2.24) is 0 Å². The SMILES string of the molecule is [O]C(OC(F)(F)F)C(F)F. The molecular weight excluding hydrogens is 163 g/mol. The fraction of sp³-hybridized carbons (Fsp3) is 1.00. The molecule has 0 heterocycles. The molecule has 2 nitrogen and oxygen atoms in total. The second-order valence-electron chi connectivity index (χ2n) is 1.27. The summed E-state index contributed by atoms with van der Waals surface area (Å²) < 4.78 is 57.2. The highest BCUT2D eigenvalue weighted by atomic mass is 19.4. The molecule has 0 bridgehead atoms. The van der Waals surface area contributed by atoms with E-state index in [1.807, 2.05) is 0 Å². The minimum Gasteiger partial charge on any atom is -0.253 e. The van der Waals surface area contributed by atoms with Gasteiger partial charge in [0, 0.05) is 0 Å². The number of alkyl halides is 5. The predicted molar refractivity (Wildman–Crippen MR) is 17.6 cm³/mol. The maximum absolute atomic E-state index is 11.0. The van der Waals surface area contributed by atoms with Crippen molar-refractivity contribution in [2.75, 3.05) is 0 Å². The van der Waals surface area contributed by atoms with Crippen LogP contribution in [0.4, 0.5) is 22.0 Å². The first-order valence-corrected chi connectivity index (χ1v) is 2.01. The highest BCUT2D eigenvalue weighted by Gasteiger charge is 2.37. The molecule has 0 saturated heterocycles. The Balaban J connectivity index is 3.68. The summed E-state index contributed by atoms with van der Waals surface area (Å²) in [5.41, 5.74) is 0. The first-order chi connectivity index (χ1) is 4.33. The zero-order chi connectivity index (χ0) is 8.36. The lowest BCUT2D eigenvalue weighted by Crippen LogP contribution is -2.28. The van der Waals surface area contributed by atoms with Crippen molar-refractivity contribution in [2.24, 2.45) is 0 Å². The Kier molecular flexibility index (Phi) is 2.97. The molecule has 0 aromatic rings. The maximum Gasteiger partial charge on any atom is 0.525 e. The van der Waals surface area contributed by atoms with Crippen LogP contribution in [0, 0.1) is 0 Å². The molecule has 0 aliphatic heterocycles. The number of ether oxygens (including phenoxy) is 1. The van der Waals surface area contributed by atoms with Crippen LogP contribution < -0.4 is 0 Å². The molecule has 0 aromatic heterocycles. The van der Waals surface area contributed by atoms with Crippen molar-refractivity contribution >= 4 is 0 Å². The summed E-state index contributed by atoms with van der Waals surface area (Å²) in [6.07, 6.45) is -12.3. The maximum atomic E-state index is 11.0.